The summed E-state index contributed by atoms with van der Waals surface area (Å²) >= 11 is 1.19. The summed E-state index contributed by atoms with van der Waals surface area (Å²) in [4.78, 5) is 33.2. The van der Waals surface area contributed by atoms with Gasteiger partial charge >= 0.3 is 5.97 Å². The van der Waals surface area contributed by atoms with E-state index in [-0.39, 0.29) is 12.2 Å². The zero-order chi connectivity index (χ0) is 21.8. The Labute approximate surface area is 183 Å². The Morgan fingerprint density at radius 1 is 1.10 bits per heavy atom. The Hall–Kier alpha value is -3.45. The zero-order valence-corrected chi connectivity index (χ0v) is 18.1. The highest BCUT2D eigenvalue weighted by atomic mass is 32.1. The lowest BCUT2D eigenvalue weighted by molar-refractivity contribution is 0.0531. The normalized spacial score (nSPS) is 10.9. The molecule has 0 saturated carbocycles. The molecular weight excluding hydrogens is 412 g/mol. The number of hydrogen-bond acceptors (Lipinski definition) is 6. The summed E-state index contributed by atoms with van der Waals surface area (Å²) in [5.41, 5.74) is 2.41. The van der Waals surface area contributed by atoms with Gasteiger partial charge in [-0.1, -0.05) is 42.5 Å². The first-order valence-electron chi connectivity index (χ1n) is 10.00. The minimum atomic E-state index is -0.424. The Kier molecular flexibility index (Phi) is 6.13. The van der Waals surface area contributed by atoms with Crippen LogP contribution in [0.1, 0.15) is 39.1 Å². The predicted octanol–water partition coefficient (Wildman–Crippen LogP) is 4.64. The summed E-state index contributed by atoms with van der Waals surface area (Å²) in [6.07, 6.45) is 0.444. The largest absolute Gasteiger partial charge is 0.489 e. The second-order valence-electron chi connectivity index (χ2n) is 7.07. The number of aryl methyl sites for hydroxylation is 1. The third-order valence-electron chi connectivity index (χ3n) is 4.83. The molecule has 0 fully saturated rings. The molecule has 0 aliphatic rings. The van der Waals surface area contributed by atoms with E-state index in [2.05, 4.69) is 9.97 Å². The highest BCUT2D eigenvalue weighted by Gasteiger charge is 2.20. The zero-order valence-electron chi connectivity index (χ0n) is 17.3. The molecule has 2 aromatic heterocycles. The molecule has 0 atom stereocenters. The van der Waals surface area contributed by atoms with Gasteiger partial charge in [0.25, 0.3) is 5.56 Å². The molecule has 0 spiro atoms. The Morgan fingerprint density at radius 2 is 1.87 bits per heavy atom. The molecule has 2 heterocycles. The minimum absolute atomic E-state index is 0.249. The smallest absolute Gasteiger partial charge is 0.348 e. The number of esters is 1. The number of carbonyl (C=O) groups excluding carboxylic acids is 1. The van der Waals surface area contributed by atoms with Crippen molar-refractivity contribution >= 4 is 27.5 Å². The third-order valence-corrected chi connectivity index (χ3v) is 5.99. The molecule has 0 aliphatic heterocycles. The van der Waals surface area contributed by atoms with Crippen LogP contribution < -0.4 is 10.3 Å². The molecule has 31 heavy (non-hydrogen) atoms. The lowest BCUT2D eigenvalue weighted by Crippen LogP contribution is -2.12. The summed E-state index contributed by atoms with van der Waals surface area (Å²) in [6.45, 7) is 4.26. The molecule has 1 N–H and O–H groups in total. The first-order valence-corrected chi connectivity index (χ1v) is 10.8. The van der Waals surface area contributed by atoms with Gasteiger partial charge in [0.2, 0.25) is 0 Å². The molecule has 2 aromatic carbocycles. The molecule has 6 nitrogen and oxygen atoms in total. The van der Waals surface area contributed by atoms with Crippen LogP contribution in [0.4, 0.5) is 0 Å². The number of benzene rings is 2. The molecule has 0 saturated heterocycles. The molecule has 7 heteroatoms. The molecule has 0 unspecified atom stereocenters. The van der Waals surface area contributed by atoms with Crippen LogP contribution in [0, 0.1) is 6.92 Å². The van der Waals surface area contributed by atoms with Crippen molar-refractivity contribution in [1.82, 2.24) is 9.97 Å². The molecule has 0 radical (unpaired) electrons. The minimum Gasteiger partial charge on any atom is -0.489 e. The quantitative estimate of drug-likeness (QED) is 0.429. The van der Waals surface area contributed by atoms with Crippen molar-refractivity contribution in [2.24, 2.45) is 0 Å². The van der Waals surface area contributed by atoms with Crippen LogP contribution in [0.2, 0.25) is 0 Å². The summed E-state index contributed by atoms with van der Waals surface area (Å²) in [6, 6.07) is 17.7. The Balaban J connectivity index is 1.56. The monoisotopic (exact) mass is 434 g/mol. The number of rotatable bonds is 7. The van der Waals surface area contributed by atoms with Crippen LogP contribution in [0.5, 0.6) is 5.75 Å². The van der Waals surface area contributed by atoms with Crippen molar-refractivity contribution in [3.8, 4) is 5.75 Å². The van der Waals surface area contributed by atoms with E-state index in [0.717, 1.165) is 16.9 Å². The van der Waals surface area contributed by atoms with E-state index in [1.54, 1.807) is 13.8 Å². The van der Waals surface area contributed by atoms with E-state index in [4.69, 9.17) is 9.47 Å². The van der Waals surface area contributed by atoms with Gasteiger partial charge in [0.15, 0.2) is 0 Å². The van der Waals surface area contributed by atoms with E-state index in [9.17, 15) is 9.59 Å². The van der Waals surface area contributed by atoms with Crippen molar-refractivity contribution in [3.05, 3.63) is 92.3 Å². The van der Waals surface area contributed by atoms with E-state index >= 15 is 0 Å². The average molecular weight is 435 g/mol. The number of aromatic amines is 1. The van der Waals surface area contributed by atoms with Crippen molar-refractivity contribution in [3.63, 3.8) is 0 Å². The maximum Gasteiger partial charge on any atom is 0.348 e. The van der Waals surface area contributed by atoms with Gasteiger partial charge in [-0.25, -0.2) is 9.78 Å². The third kappa shape index (κ3) is 4.67. The van der Waals surface area contributed by atoms with E-state index in [1.165, 1.54) is 11.3 Å². The fourth-order valence-electron chi connectivity index (χ4n) is 3.34. The summed E-state index contributed by atoms with van der Waals surface area (Å²) < 4.78 is 11.0. The Bertz CT molecular complexity index is 1280. The number of aromatic nitrogens is 2. The number of ether oxygens (including phenoxy) is 2. The number of carbonyl (C=O) groups is 1. The van der Waals surface area contributed by atoms with Crippen molar-refractivity contribution in [1.29, 1.82) is 0 Å². The van der Waals surface area contributed by atoms with Crippen molar-refractivity contribution in [2.75, 3.05) is 6.61 Å². The predicted molar refractivity (Wildman–Crippen MR) is 121 cm³/mol. The van der Waals surface area contributed by atoms with Crippen LogP contribution in [-0.4, -0.2) is 22.5 Å². The van der Waals surface area contributed by atoms with Crippen LogP contribution in [0.25, 0.3) is 10.2 Å². The Morgan fingerprint density at radius 3 is 2.65 bits per heavy atom. The lowest BCUT2D eigenvalue weighted by Gasteiger charge is -2.08. The fraction of sp³-hybridized carbons (Fsp3) is 0.208. The number of H-pyrrole nitrogens is 1. The highest BCUT2D eigenvalue weighted by Crippen LogP contribution is 2.28. The van der Waals surface area contributed by atoms with E-state index in [1.807, 2.05) is 54.6 Å². The number of hydrogen-bond donors (Lipinski definition) is 1. The van der Waals surface area contributed by atoms with Gasteiger partial charge in [0.05, 0.1) is 12.0 Å². The van der Waals surface area contributed by atoms with Crippen LogP contribution in [-0.2, 0) is 17.8 Å². The summed E-state index contributed by atoms with van der Waals surface area (Å²) in [7, 11) is 0. The fourth-order valence-corrected chi connectivity index (χ4v) is 4.44. The first-order chi connectivity index (χ1) is 15.0. The van der Waals surface area contributed by atoms with Crippen LogP contribution in [0.3, 0.4) is 0 Å². The maximum absolute atomic E-state index is 12.7. The molecule has 0 aliphatic carbocycles. The van der Waals surface area contributed by atoms with Gasteiger partial charge in [-0.3, -0.25) is 4.79 Å². The molecule has 158 valence electrons. The SMILES string of the molecule is CCOC(=O)c1sc2nc(Cc3cccc(OCc4ccccc4)c3)[nH]c(=O)c2c1C. The van der Waals surface area contributed by atoms with Gasteiger partial charge in [0, 0.05) is 6.42 Å². The molecular formula is C24H22N2O4S. The van der Waals surface area contributed by atoms with E-state index in [0.29, 0.717) is 39.5 Å². The second kappa shape index (κ2) is 9.14. The molecule has 4 rings (SSSR count). The van der Waals surface area contributed by atoms with Gasteiger partial charge < -0.3 is 14.5 Å². The highest BCUT2D eigenvalue weighted by molar-refractivity contribution is 7.20. The number of nitrogens with zero attached hydrogens (tertiary/aromatic N) is 1. The average Bonchev–Trinajstić information content (AvgIpc) is 3.10. The molecule has 0 amide bonds. The first kappa shape index (κ1) is 20.8. The van der Waals surface area contributed by atoms with Crippen molar-refractivity contribution in [2.45, 2.75) is 26.9 Å². The summed E-state index contributed by atoms with van der Waals surface area (Å²) in [5.74, 6) is 0.864. The topological polar surface area (TPSA) is 81.3 Å². The van der Waals surface area contributed by atoms with Gasteiger partial charge in [-0.2, -0.15) is 0 Å². The van der Waals surface area contributed by atoms with Gasteiger partial charge in [-0.15, -0.1) is 11.3 Å². The summed E-state index contributed by atoms with van der Waals surface area (Å²) in [5, 5.41) is 0.441. The number of thiophene rings is 1. The van der Waals surface area contributed by atoms with Crippen LogP contribution in [0.15, 0.2) is 59.4 Å². The van der Waals surface area contributed by atoms with Crippen molar-refractivity contribution < 1.29 is 14.3 Å². The number of fused-ring (bicyclic) bond motifs is 1. The van der Waals surface area contributed by atoms with Gasteiger partial charge in [-0.05, 0) is 42.7 Å². The molecule has 0 bridgehead atoms. The lowest BCUT2D eigenvalue weighted by atomic mass is 10.1. The molecule has 4 aromatic rings. The second-order valence-corrected chi connectivity index (χ2v) is 8.07. The number of nitrogens with one attached hydrogen (secondary N) is 1. The standard InChI is InChI=1S/C24H22N2O4S/c1-3-29-24(28)21-15(2)20-22(27)25-19(26-23(20)31-21)13-17-10-7-11-18(12-17)30-14-16-8-5-4-6-9-16/h4-12H,3,13-14H2,1-2H3,(H,25,26,27). The van der Waals surface area contributed by atoms with Crippen LogP contribution >= 0.6 is 11.3 Å². The van der Waals surface area contributed by atoms with E-state index < -0.39 is 5.97 Å². The van der Waals surface area contributed by atoms with Gasteiger partial charge in [0.1, 0.15) is 27.9 Å². The maximum atomic E-state index is 12.7.